The molecule has 2 aliphatic carbocycles. The Morgan fingerprint density at radius 2 is 1.85 bits per heavy atom. The van der Waals surface area contributed by atoms with Crippen LogP contribution in [0.15, 0.2) is 18.3 Å². The number of nitrogens with zero attached hydrogens (tertiary/aromatic N) is 2. The van der Waals surface area contributed by atoms with Crippen molar-refractivity contribution in [1.82, 2.24) is 20.5 Å². The number of hydrogen-bond acceptors (Lipinski definition) is 5. The normalized spacial score (nSPS) is 26.6. The Bertz CT molecular complexity index is 1200. The molecule has 0 bridgehead atoms. The number of amides is 4. The number of pyridine rings is 1. The molecule has 3 aliphatic rings. The Kier molecular flexibility index (Phi) is 7.70. The van der Waals surface area contributed by atoms with E-state index in [-0.39, 0.29) is 29.7 Å². The summed E-state index contributed by atoms with van der Waals surface area (Å²) < 4.78 is 39.2. The quantitative estimate of drug-likeness (QED) is 0.466. The van der Waals surface area contributed by atoms with Crippen LogP contribution >= 0.6 is 0 Å². The number of piperidine rings is 1. The van der Waals surface area contributed by atoms with Crippen LogP contribution in [0.5, 0.6) is 0 Å². The van der Waals surface area contributed by atoms with Crippen molar-refractivity contribution in [2.24, 2.45) is 34.3 Å². The van der Waals surface area contributed by atoms with Gasteiger partial charge >= 0.3 is 12.1 Å². The standard InChI is InChI=1S/C28H38F3N5O4/c1-26(2,3)21(35-25(40)28(29,30)31)24(39)36-13-16-19(27(16,4)5)20(36)23(38)34-18(22(32)37)12-14-8-9-15-7-6-10-33-17(15)11-14/h6-7,10,14,16,18-21H,8-9,11-13H2,1-5H3,(H2,32,37)(H,34,38)(H,35,40)/t14?,16-,18?,19-,20-,21+/m0/s1. The van der Waals surface area contributed by atoms with Crippen molar-refractivity contribution >= 4 is 23.6 Å². The molecule has 2 fully saturated rings. The smallest absolute Gasteiger partial charge is 0.368 e. The van der Waals surface area contributed by atoms with Crippen LogP contribution in [0.3, 0.4) is 0 Å². The minimum absolute atomic E-state index is 0.0425. The summed E-state index contributed by atoms with van der Waals surface area (Å²) in [4.78, 5) is 57.3. The van der Waals surface area contributed by atoms with Crippen LogP contribution in [-0.4, -0.2) is 64.4 Å². The fourth-order valence-electron chi connectivity index (χ4n) is 6.50. The summed E-state index contributed by atoms with van der Waals surface area (Å²) in [6.07, 6.45) is -0.894. The van der Waals surface area contributed by atoms with Crippen molar-refractivity contribution in [3.63, 3.8) is 0 Å². The molecule has 0 spiro atoms. The molecule has 4 rings (SSSR count). The second-order valence-corrected chi connectivity index (χ2v) is 13.1. The Morgan fingerprint density at radius 1 is 1.18 bits per heavy atom. The number of fused-ring (bicyclic) bond motifs is 2. The minimum atomic E-state index is -5.17. The fourth-order valence-corrected chi connectivity index (χ4v) is 6.50. The molecule has 2 unspecified atom stereocenters. The number of carbonyl (C=O) groups is 4. The molecule has 0 aromatic carbocycles. The van der Waals surface area contributed by atoms with Gasteiger partial charge in [-0.05, 0) is 65.9 Å². The van der Waals surface area contributed by atoms with E-state index in [9.17, 15) is 32.3 Å². The van der Waals surface area contributed by atoms with Crippen LogP contribution in [-0.2, 0) is 32.0 Å². The van der Waals surface area contributed by atoms with Gasteiger partial charge in [0.25, 0.3) is 0 Å². The molecular formula is C28H38F3N5O4. The number of carbonyl (C=O) groups excluding carboxylic acids is 4. The lowest BCUT2D eigenvalue weighted by Gasteiger charge is -2.38. The Hall–Kier alpha value is -3.18. The van der Waals surface area contributed by atoms with Crippen LogP contribution in [0, 0.1) is 28.6 Å². The second kappa shape index (κ2) is 10.3. The van der Waals surface area contributed by atoms with Gasteiger partial charge in [0.2, 0.25) is 17.7 Å². The summed E-state index contributed by atoms with van der Waals surface area (Å²) in [6.45, 7) is 8.73. The first-order chi connectivity index (χ1) is 18.4. The highest BCUT2D eigenvalue weighted by Crippen LogP contribution is 2.65. The number of alkyl halides is 3. The van der Waals surface area contributed by atoms with Crippen LogP contribution in [0.1, 0.15) is 58.7 Å². The van der Waals surface area contributed by atoms with Gasteiger partial charge in [0.05, 0.1) is 0 Å². The Morgan fingerprint density at radius 3 is 2.45 bits per heavy atom. The molecule has 4 amide bonds. The topological polar surface area (TPSA) is 134 Å². The van der Waals surface area contributed by atoms with Crippen molar-refractivity contribution in [2.45, 2.75) is 84.6 Å². The van der Waals surface area contributed by atoms with E-state index in [2.05, 4.69) is 10.3 Å². The number of hydrogen-bond donors (Lipinski definition) is 3. The predicted molar refractivity (Wildman–Crippen MR) is 139 cm³/mol. The molecule has 1 saturated heterocycles. The largest absolute Gasteiger partial charge is 0.471 e. The van der Waals surface area contributed by atoms with E-state index < -0.39 is 53.3 Å². The van der Waals surface area contributed by atoms with E-state index >= 15 is 0 Å². The highest BCUT2D eigenvalue weighted by atomic mass is 19.4. The number of aromatic nitrogens is 1. The van der Waals surface area contributed by atoms with E-state index in [1.54, 1.807) is 27.0 Å². The predicted octanol–water partition coefficient (Wildman–Crippen LogP) is 2.12. The number of aryl methyl sites for hydroxylation is 1. The maximum Gasteiger partial charge on any atom is 0.471 e. The maximum absolute atomic E-state index is 13.7. The van der Waals surface area contributed by atoms with Crippen LogP contribution in [0.25, 0.3) is 0 Å². The first kappa shape index (κ1) is 29.8. The number of rotatable bonds is 7. The second-order valence-electron chi connectivity index (χ2n) is 13.1. The lowest BCUT2D eigenvalue weighted by Crippen LogP contribution is -2.61. The van der Waals surface area contributed by atoms with Crippen molar-refractivity contribution in [3.05, 3.63) is 29.6 Å². The van der Waals surface area contributed by atoms with Crippen molar-refractivity contribution in [2.75, 3.05) is 6.54 Å². The molecule has 40 heavy (non-hydrogen) atoms. The zero-order valence-corrected chi connectivity index (χ0v) is 23.5. The number of likely N-dealkylation sites (tertiary alicyclic amines) is 1. The third-order valence-corrected chi connectivity index (χ3v) is 8.92. The van der Waals surface area contributed by atoms with Crippen LogP contribution < -0.4 is 16.4 Å². The molecule has 1 aromatic rings. The summed E-state index contributed by atoms with van der Waals surface area (Å²) >= 11 is 0. The molecule has 9 nitrogen and oxygen atoms in total. The lowest BCUT2D eigenvalue weighted by atomic mass is 9.83. The number of halogens is 3. The average Bonchev–Trinajstić information content (AvgIpc) is 3.18. The van der Waals surface area contributed by atoms with Gasteiger partial charge in [-0.1, -0.05) is 40.7 Å². The lowest BCUT2D eigenvalue weighted by molar-refractivity contribution is -0.176. The van der Waals surface area contributed by atoms with Crippen LogP contribution in [0.2, 0.25) is 0 Å². The highest BCUT2D eigenvalue weighted by Gasteiger charge is 2.70. The molecular weight excluding hydrogens is 527 g/mol. The first-order valence-electron chi connectivity index (χ1n) is 13.6. The molecule has 4 N–H and O–H groups in total. The van der Waals surface area contributed by atoms with E-state index in [0.717, 1.165) is 24.1 Å². The molecule has 2 heterocycles. The maximum atomic E-state index is 13.7. The Balaban J connectivity index is 1.52. The van der Waals surface area contributed by atoms with Gasteiger partial charge in [0.1, 0.15) is 18.1 Å². The number of nitrogens with one attached hydrogen (secondary N) is 2. The monoisotopic (exact) mass is 565 g/mol. The molecule has 6 atom stereocenters. The minimum Gasteiger partial charge on any atom is -0.368 e. The third-order valence-electron chi connectivity index (χ3n) is 8.92. The van der Waals surface area contributed by atoms with Gasteiger partial charge in [0.15, 0.2) is 0 Å². The summed E-state index contributed by atoms with van der Waals surface area (Å²) in [5.41, 5.74) is 6.46. The molecule has 1 aromatic heterocycles. The summed E-state index contributed by atoms with van der Waals surface area (Å²) in [6, 6.07) is 0.401. The average molecular weight is 566 g/mol. The summed E-state index contributed by atoms with van der Waals surface area (Å²) in [7, 11) is 0. The number of nitrogens with two attached hydrogens (primary N) is 1. The van der Waals surface area contributed by atoms with Gasteiger partial charge in [-0.25, -0.2) is 0 Å². The van der Waals surface area contributed by atoms with Crippen LogP contribution in [0.4, 0.5) is 13.2 Å². The van der Waals surface area contributed by atoms with Gasteiger partial charge in [0, 0.05) is 18.4 Å². The fraction of sp³-hybridized carbons (Fsp3) is 0.679. The molecule has 12 heteroatoms. The van der Waals surface area contributed by atoms with E-state index in [1.807, 2.05) is 31.3 Å². The molecule has 1 aliphatic heterocycles. The summed E-state index contributed by atoms with van der Waals surface area (Å²) in [5.74, 6) is -4.47. The zero-order chi connectivity index (χ0) is 29.8. The number of primary amides is 1. The zero-order valence-electron chi connectivity index (χ0n) is 23.5. The highest BCUT2D eigenvalue weighted by molar-refractivity contribution is 5.96. The van der Waals surface area contributed by atoms with Crippen molar-refractivity contribution in [1.29, 1.82) is 0 Å². The van der Waals surface area contributed by atoms with Crippen molar-refractivity contribution < 1.29 is 32.3 Å². The van der Waals surface area contributed by atoms with Gasteiger partial charge in [-0.3, -0.25) is 24.2 Å². The first-order valence-corrected chi connectivity index (χ1v) is 13.6. The molecule has 0 radical (unpaired) electrons. The van der Waals surface area contributed by atoms with E-state index in [1.165, 1.54) is 4.90 Å². The Labute approximate surface area is 231 Å². The molecule has 220 valence electrons. The van der Waals surface area contributed by atoms with Crippen molar-refractivity contribution in [3.8, 4) is 0 Å². The van der Waals surface area contributed by atoms with Gasteiger partial charge in [-0.15, -0.1) is 0 Å². The third kappa shape index (κ3) is 5.81. The molecule has 1 saturated carbocycles. The van der Waals surface area contributed by atoms with E-state index in [4.69, 9.17) is 5.73 Å². The van der Waals surface area contributed by atoms with Gasteiger partial charge in [-0.2, -0.15) is 13.2 Å². The summed E-state index contributed by atoms with van der Waals surface area (Å²) in [5, 5.41) is 4.59. The van der Waals surface area contributed by atoms with Gasteiger partial charge < -0.3 is 21.3 Å². The van der Waals surface area contributed by atoms with E-state index in [0.29, 0.717) is 12.8 Å². The SMILES string of the molecule is CC(C)(C)[C@H](NC(=O)C(F)(F)F)C(=O)N1C[C@H]2[C@@H]([C@H]1C(=O)NC(CC1CCc3cccnc3C1)C(N)=O)C2(C)C.